The molecule has 0 saturated carbocycles. The van der Waals surface area contributed by atoms with Crippen LogP contribution in [0.5, 0.6) is 17.2 Å². The van der Waals surface area contributed by atoms with Gasteiger partial charge in [-0.05, 0) is 59.8 Å². The average Bonchev–Trinajstić information content (AvgIpc) is 3.21. The van der Waals surface area contributed by atoms with Crippen molar-refractivity contribution in [2.75, 3.05) is 19.9 Å². The molecular weight excluding hydrogens is 290 g/mol. The maximum atomic E-state index is 5.76. The summed E-state index contributed by atoms with van der Waals surface area (Å²) >= 11 is 0. The zero-order valence-corrected chi connectivity index (χ0v) is 12.9. The SMILES string of the molecule is c1cc2c(cc1CC1NCCc3cc4c(cc31)OCC4)OCO2. The van der Waals surface area contributed by atoms with E-state index in [0.717, 1.165) is 49.7 Å². The number of nitrogens with one attached hydrogen (secondary N) is 1. The van der Waals surface area contributed by atoms with E-state index in [1.165, 1.54) is 22.3 Å². The first-order chi connectivity index (χ1) is 11.4. The van der Waals surface area contributed by atoms with E-state index in [-0.39, 0.29) is 0 Å². The molecule has 1 unspecified atom stereocenters. The Bertz CT molecular complexity index is 771. The molecule has 0 spiro atoms. The highest BCUT2D eigenvalue weighted by Crippen LogP contribution is 2.37. The summed E-state index contributed by atoms with van der Waals surface area (Å²) in [5.41, 5.74) is 5.49. The van der Waals surface area contributed by atoms with Crippen LogP contribution in [-0.2, 0) is 19.3 Å². The molecule has 4 nitrogen and oxygen atoms in total. The average molecular weight is 309 g/mol. The van der Waals surface area contributed by atoms with Gasteiger partial charge < -0.3 is 19.5 Å². The van der Waals surface area contributed by atoms with Gasteiger partial charge in [-0.1, -0.05) is 12.1 Å². The van der Waals surface area contributed by atoms with Gasteiger partial charge in [0.25, 0.3) is 0 Å². The predicted molar refractivity (Wildman–Crippen MR) is 86.4 cm³/mol. The van der Waals surface area contributed by atoms with Gasteiger partial charge in [0.1, 0.15) is 5.75 Å². The summed E-state index contributed by atoms with van der Waals surface area (Å²) in [6, 6.07) is 11.2. The summed E-state index contributed by atoms with van der Waals surface area (Å²) in [7, 11) is 0. The Labute approximate surface area is 135 Å². The van der Waals surface area contributed by atoms with Crippen LogP contribution in [0.3, 0.4) is 0 Å². The molecule has 0 fully saturated rings. The lowest BCUT2D eigenvalue weighted by Crippen LogP contribution is -2.31. The summed E-state index contributed by atoms with van der Waals surface area (Å²) in [5, 5.41) is 3.66. The standard InChI is InChI=1S/C19H19NO3/c1-2-17-19(23-11-22-17)8-12(1)7-16-15-10-18-14(4-6-21-18)9-13(15)3-5-20-16/h1-2,8-10,16,20H,3-7,11H2. The van der Waals surface area contributed by atoms with Crippen molar-refractivity contribution >= 4 is 0 Å². The molecular formula is C19H19NO3. The lowest BCUT2D eigenvalue weighted by molar-refractivity contribution is 0.174. The highest BCUT2D eigenvalue weighted by molar-refractivity contribution is 5.48. The van der Waals surface area contributed by atoms with Gasteiger partial charge in [-0.15, -0.1) is 0 Å². The lowest BCUT2D eigenvalue weighted by Gasteiger charge is -2.28. The van der Waals surface area contributed by atoms with Gasteiger partial charge in [0, 0.05) is 12.5 Å². The Hall–Kier alpha value is -2.20. The third kappa shape index (κ3) is 2.25. The Morgan fingerprint density at radius 3 is 2.87 bits per heavy atom. The normalized spacial score (nSPS) is 20.8. The molecule has 0 aliphatic carbocycles. The number of rotatable bonds is 2. The maximum Gasteiger partial charge on any atom is 0.231 e. The van der Waals surface area contributed by atoms with Gasteiger partial charge >= 0.3 is 0 Å². The van der Waals surface area contributed by atoms with Crippen molar-refractivity contribution < 1.29 is 14.2 Å². The van der Waals surface area contributed by atoms with E-state index in [2.05, 4.69) is 29.6 Å². The van der Waals surface area contributed by atoms with Crippen LogP contribution in [0.2, 0.25) is 0 Å². The molecule has 1 N–H and O–H groups in total. The topological polar surface area (TPSA) is 39.7 Å². The minimum atomic E-state index is 0.326. The monoisotopic (exact) mass is 309 g/mol. The van der Waals surface area contributed by atoms with Crippen LogP contribution in [0.1, 0.15) is 28.3 Å². The van der Waals surface area contributed by atoms with E-state index < -0.39 is 0 Å². The molecule has 2 aromatic rings. The molecule has 4 heteroatoms. The molecule has 3 aliphatic rings. The second-order valence-electron chi connectivity index (χ2n) is 6.41. The summed E-state index contributed by atoms with van der Waals surface area (Å²) in [5.74, 6) is 2.77. The number of fused-ring (bicyclic) bond motifs is 3. The highest BCUT2D eigenvalue weighted by atomic mass is 16.7. The van der Waals surface area contributed by atoms with Crippen LogP contribution < -0.4 is 19.5 Å². The van der Waals surface area contributed by atoms with Crippen LogP contribution in [-0.4, -0.2) is 19.9 Å². The second kappa shape index (κ2) is 5.17. The quantitative estimate of drug-likeness (QED) is 0.926. The van der Waals surface area contributed by atoms with E-state index in [0.29, 0.717) is 12.8 Å². The van der Waals surface area contributed by atoms with E-state index in [4.69, 9.17) is 14.2 Å². The molecule has 0 bridgehead atoms. The van der Waals surface area contributed by atoms with Crippen molar-refractivity contribution in [3.05, 3.63) is 52.6 Å². The first-order valence-electron chi connectivity index (χ1n) is 8.27. The van der Waals surface area contributed by atoms with Crippen LogP contribution >= 0.6 is 0 Å². The van der Waals surface area contributed by atoms with E-state index in [1.54, 1.807) is 0 Å². The third-order valence-electron chi connectivity index (χ3n) is 4.99. The first-order valence-corrected chi connectivity index (χ1v) is 8.27. The molecule has 2 aromatic carbocycles. The van der Waals surface area contributed by atoms with Crippen molar-refractivity contribution in [2.45, 2.75) is 25.3 Å². The summed E-state index contributed by atoms with van der Waals surface area (Å²) in [4.78, 5) is 0. The van der Waals surface area contributed by atoms with Gasteiger partial charge in [0.15, 0.2) is 11.5 Å². The predicted octanol–water partition coefficient (Wildman–Crippen LogP) is 2.78. The van der Waals surface area contributed by atoms with Gasteiger partial charge in [-0.2, -0.15) is 0 Å². The minimum absolute atomic E-state index is 0.326. The molecule has 118 valence electrons. The molecule has 0 aromatic heterocycles. The fourth-order valence-corrected chi connectivity index (χ4v) is 3.81. The van der Waals surface area contributed by atoms with Crippen molar-refractivity contribution in [3.8, 4) is 17.2 Å². The van der Waals surface area contributed by atoms with E-state index >= 15 is 0 Å². The molecule has 0 amide bonds. The zero-order chi connectivity index (χ0) is 15.2. The van der Waals surface area contributed by atoms with Crippen LogP contribution in [0, 0.1) is 0 Å². The van der Waals surface area contributed by atoms with Gasteiger partial charge in [0.05, 0.1) is 6.61 Å². The van der Waals surface area contributed by atoms with Gasteiger partial charge in [0.2, 0.25) is 6.79 Å². The van der Waals surface area contributed by atoms with E-state index in [9.17, 15) is 0 Å². The highest BCUT2D eigenvalue weighted by Gasteiger charge is 2.25. The fourth-order valence-electron chi connectivity index (χ4n) is 3.81. The maximum absolute atomic E-state index is 5.76. The molecule has 3 aliphatic heterocycles. The van der Waals surface area contributed by atoms with E-state index in [1.807, 2.05) is 6.07 Å². The minimum Gasteiger partial charge on any atom is -0.493 e. The van der Waals surface area contributed by atoms with Crippen molar-refractivity contribution in [1.82, 2.24) is 5.32 Å². The molecule has 3 heterocycles. The number of benzene rings is 2. The number of hydrogen-bond donors (Lipinski definition) is 1. The summed E-state index contributed by atoms with van der Waals surface area (Å²) in [6.07, 6.45) is 3.09. The van der Waals surface area contributed by atoms with Crippen LogP contribution in [0.25, 0.3) is 0 Å². The first kappa shape index (κ1) is 13.3. The third-order valence-corrected chi connectivity index (χ3v) is 4.99. The fraction of sp³-hybridized carbons (Fsp3) is 0.368. The summed E-state index contributed by atoms with van der Waals surface area (Å²) < 4.78 is 16.7. The Morgan fingerprint density at radius 2 is 1.87 bits per heavy atom. The smallest absolute Gasteiger partial charge is 0.231 e. The number of hydrogen-bond acceptors (Lipinski definition) is 4. The summed E-state index contributed by atoms with van der Waals surface area (Å²) in [6.45, 7) is 2.17. The Kier molecular flexibility index (Phi) is 2.98. The van der Waals surface area contributed by atoms with Crippen molar-refractivity contribution in [1.29, 1.82) is 0 Å². The lowest BCUT2D eigenvalue weighted by atomic mass is 9.88. The number of ether oxygens (including phenoxy) is 3. The molecule has 23 heavy (non-hydrogen) atoms. The zero-order valence-electron chi connectivity index (χ0n) is 12.9. The second-order valence-corrected chi connectivity index (χ2v) is 6.41. The van der Waals surface area contributed by atoms with Crippen LogP contribution in [0.15, 0.2) is 30.3 Å². The molecule has 5 rings (SSSR count). The van der Waals surface area contributed by atoms with Crippen LogP contribution in [0.4, 0.5) is 0 Å². The van der Waals surface area contributed by atoms with Gasteiger partial charge in [-0.3, -0.25) is 0 Å². The molecule has 0 radical (unpaired) electrons. The Morgan fingerprint density at radius 1 is 0.913 bits per heavy atom. The van der Waals surface area contributed by atoms with Crippen molar-refractivity contribution in [3.63, 3.8) is 0 Å². The largest absolute Gasteiger partial charge is 0.493 e. The van der Waals surface area contributed by atoms with Crippen molar-refractivity contribution in [2.24, 2.45) is 0 Å². The molecule has 1 atom stereocenters. The molecule has 0 saturated heterocycles. The Balaban J connectivity index is 1.46. The van der Waals surface area contributed by atoms with Gasteiger partial charge in [-0.25, -0.2) is 0 Å².